The molecule has 0 unspecified atom stereocenters. The monoisotopic (exact) mass is 444 g/mol. The Kier molecular flexibility index (Phi) is 5.55. The zero-order chi connectivity index (χ0) is 21.4. The standard InChI is InChI=1S/C16H14O11P2/c1-24-15-13(27-29(21,22)23)8-12(26-28(18,19)20)14-10(17)7-11(25-16(14)15)9-5-3-2-4-6-9/h2-8H,1H3,(H2,18,19,20)(H2,21,22,23). The summed E-state index contributed by atoms with van der Waals surface area (Å²) in [7, 11) is -9.13. The molecule has 0 atom stereocenters. The summed E-state index contributed by atoms with van der Waals surface area (Å²) in [5.74, 6) is -1.66. The number of fused-ring (bicyclic) bond motifs is 1. The summed E-state index contributed by atoms with van der Waals surface area (Å²) >= 11 is 0. The minimum absolute atomic E-state index is 0.0665. The smallest absolute Gasteiger partial charge is 0.490 e. The number of rotatable bonds is 6. The Balaban J connectivity index is 2.40. The molecule has 3 rings (SSSR count). The van der Waals surface area contributed by atoms with Crippen LogP contribution in [0, 0.1) is 0 Å². The maximum absolute atomic E-state index is 12.7. The second-order valence-electron chi connectivity index (χ2n) is 5.61. The van der Waals surface area contributed by atoms with Crippen molar-refractivity contribution in [3.63, 3.8) is 0 Å². The minimum Gasteiger partial charge on any atom is -0.490 e. The number of ether oxygens (including phenoxy) is 1. The Hall–Kier alpha value is -2.65. The van der Waals surface area contributed by atoms with Crippen molar-refractivity contribution in [1.82, 2.24) is 0 Å². The highest BCUT2D eigenvalue weighted by molar-refractivity contribution is 7.47. The molecular formula is C16H14O11P2. The van der Waals surface area contributed by atoms with Crippen LogP contribution in [0.1, 0.15) is 0 Å². The molecule has 0 aliphatic carbocycles. The molecule has 0 amide bonds. The molecule has 0 bridgehead atoms. The summed E-state index contributed by atoms with van der Waals surface area (Å²) in [5, 5.41) is -0.414. The van der Waals surface area contributed by atoms with E-state index in [1.807, 2.05) is 0 Å². The van der Waals surface area contributed by atoms with E-state index in [1.54, 1.807) is 30.3 Å². The van der Waals surface area contributed by atoms with Crippen LogP contribution in [-0.2, 0) is 9.13 Å². The Morgan fingerprint density at radius 2 is 1.48 bits per heavy atom. The molecule has 13 heteroatoms. The van der Waals surface area contributed by atoms with Crippen molar-refractivity contribution < 1.29 is 46.9 Å². The maximum Gasteiger partial charge on any atom is 0.524 e. The first-order valence-corrected chi connectivity index (χ1v) is 10.8. The molecule has 29 heavy (non-hydrogen) atoms. The molecule has 0 aliphatic rings. The summed E-state index contributed by atoms with van der Waals surface area (Å²) in [5.41, 5.74) is -0.629. The van der Waals surface area contributed by atoms with Crippen molar-refractivity contribution in [1.29, 1.82) is 0 Å². The maximum atomic E-state index is 12.7. The molecule has 0 saturated heterocycles. The third-order valence-corrected chi connectivity index (χ3v) is 4.45. The number of benzene rings is 2. The summed E-state index contributed by atoms with van der Waals surface area (Å²) < 4.78 is 42.4. The van der Waals surface area contributed by atoms with Crippen LogP contribution < -0.4 is 19.2 Å². The van der Waals surface area contributed by atoms with Crippen molar-refractivity contribution in [2.45, 2.75) is 0 Å². The van der Waals surface area contributed by atoms with Gasteiger partial charge < -0.3 is 18.2 Å². The SMILES string of the molecule is COc1c(OP(=O)(O)O)cc(OP(=O)(O)O)c2c(=O)cc(-c3ccccc3)oc12. The lowest BCUT2D eigenvalue weighted by Gasteiger charge is -2.16. The second-order valence-corrected chi connectivity index (χ2v) is 7.94. The third kappa shape index (κ3) is 4.86. The van der Waals surface area contributed by atoms with E-state index in [1.165, 1.54) is 0 Å². The molecule has 11 nitrogen and oxygen atoms in total. The van der Waals surface area contributed by atoms with Crippen molar-refractivity contribution in [3.05, 3.63) is 52.7 Å². The normalized spacial score (nSPS) is 12.0. The largest absolute Gasteiger partial charge is 0.524 e. The summed E-state index contributed by atoms with van der Waals surface area (Å²) in [6, 6.07) is 10.2. The van der Waals surface area contributed by atoms with Crippen molar-refractivity contribution in [2.75, 3.05) is 7.11 Å². The number of hydrogen-bond acceptors (Lipinski definition) is 7. The van der Waals surface area contributed by atoms with Gasteiger partial charge in [-0.1, -0.05) is 30.3 Å². The average Bonchev–Trinajstić information content (AvgIpc) is 2.59. The van der Waals surface area contributed by atoms with Crippen molar-refractivity contribution in [2.24, 2.45) is 0 Å². The number of phosphoric acid groups is 2. The molecule has 0 saturated carbocycles. The Morgan fingerprint density at radius 1 is 0.897 bits per heavy atom. The summed E-state index contributed by atoms with van der Waals surface area (Å²) in [6.07, 6.45) is 0. The lowest BCUT2D eigenvalue weighted by molar-refractivity contribution is 0.275. The van der Waals surface area contributed by atoms with Crippen LogP contribution in [0.15, 0.2) is 51.7 Å². The molecule has 2 aromatic carbocycles. The van der Waals surface area contributed by atoms with Crippen molar-refractivity contribution >= 4 is 26.6 Å². The van der Waals surface area contributed by atoms with E-state index in [0.29, 0.717) is 5.56 Å². The van der Waals surface area contributed by atoms with E-state index in [-0.39, 0.29) is 17.1 Å². The van der Waals surface area contributed by atoms with Crippen LogP contribution >= 0.6 is 15.6 Å². The highest BCUT2D eigenvalue weighted by Gasteiger charge is 2.28. The molecular weight excluding hydrogens is 430 g/mol. The lowest BCUT2D eigenvalue weighted by atomic mass is 10.1. The van der Waals surface area contributed by atoms with Gasteiger partial charge in [-0.2, -0.15) is 0 Å². The van der Waals surface area contributed by atoms with Gasteiger partial charge in [0.05, 0.1) is 7.11 Å². The topological polar surface area (TPSA) is 173 Å². The second kappa shape index (κ2) is 7.64. The number of hydrogen-bond donors (Lipinski definition) is 4. The first-order valence-electron chi connectivity index (χ1n) is 7.73. The van der Waals surface area contributed by atoms with Crippen LogP contribution in [0.4, 0.5) is 0 Å². The van der Waals surface area contributed by atoms with Crippen LogP contribution in [-0.4, -0.2) is 26.7 Å². The van der Waals surface area contributed by atoms with Crippen LogP contribution in [0.25, 0.3) is 22.3 Å². The van der Waals surface area contributed by atoms with Gasteiger partial charge in [0.15, 0.2) is 22.5 Å². The van der Waals surface area contributed by atoms with Crippen LogP contribution in [0.2, 0.25) is 0 Å². The quantitative estimate of drug-likeness (QED) is 0.411. The van der Waals surface area contributed by atoms with E-state index in [2.05, 4.69) is 9.05 Å². The van der Waals surface area contributed by atoms with Gasteiger partial charge >= 0.3 is 15.6 Å². The fourth-order valence-electron chi connectivity index (χ4n) is 2.59. The molecule has 3 aromatic rings. The lowest BCUT2D eigenvalue weighted by Crippen LogP contribution is -2.06. The van der Waals surface area contributed by atoms with Crippen LogP contribution in [0.3, 0.4) is 0 Å². The zero-order valence-electron chi connectivity index (χ0n) is 14.6. The van der Waals surface area contributed by atoms with Gasteiger partial charge in [-0.15, -0.1) is 0 Å². The molecule has 1 heterocycles. The van der Waals surface area contributed by atoms with Gasteiger partial charge in [0.2, 0.25) is 5.75 Å². The zero-order valence-corrected chi connectivity index (χ0v) is 16.4. The van der Waals surface area contributed by atoms with Crippen molar-refractivity contribution in [3.8, 4) is 28.6 Å². The Morgan fingerprint density at radius 3 is 2.03 bits per heavy atom. The molecule has 0 radical (unpaired) electrons. The van der Waals surface area contributed by atoms with Gasteiger partial charge in [0.1, 0.15) is 11.1 Å². The van der Waals surface area contributed by atoms with E-state index in [4.69, 9.17) is 28.7 Å². The fraction of sp³-hybridized carbons (Fsp3) is 0.0625. The molecule has 154 valence electrons. The summed E-state index contributed by atoms with van der Waals surface area (Å²) in [4.78, 5) is 49.2. The van der Waals surface area contributed by atoms with Gasteiger partial charge in [-0.05, 0) is 0 Å². The molecule has 1 aromatic heterocycles. The first kappa shape index (κ1) is 21.1. The molecule has 4 N–H and O–H groups in total. The molecule has 0 spiro atoms. The van der Waals surface area contributed by atoms with E-state index in [0.717, 1.165) is 19.2 Å². The average molecular weight is 444 g/mol. The predicted octanol–water partition coefficient (Wildman–Crippen LogP) is 2.41. The van der Waals surface area contributed by atoms with Crippen LogP contribution in [0.5, 0.6) is 17.2 Å². The predicted molar refractivity (Wildman–Crippen MR) is 99.8 cm³/mol. The van der Waals surface area contributed by atoms with Gasteiger partial charge in [-0.25, -0.2) is 9.13 Å². The fourth-order valence-corrected chi connectivity index (χ4v) is 3.38. The number of phosphoric ester groups is 2. The third-order valence-electron chi connectivity index (χ3n) is 3.58. The van der Waals surface area contributed by atoms with Gasteiger partial charge in [0.25, 0.3) is 0 Å². The van der Waals surface area contributed by atoms with E-state index in [9.17, 15) is 13.9 Å². The first-order chi connectivity index (χ1) is 13.5. The van der Waals surface area contributed by atoms with E-state index >= 15 is 0 Å². The minimum atomic E-state index is -5.15. The van der Waals surface area contributed by atoms with E-state index < -0.39 is 38.0 Å². The number of methoxy groups -OCH3 is 1. The van der Waals surface area contributed by atoms with Gasteiger partial charge in [0, 0.05) is 17.7 Å². The highest BCUT2D eigenvalue weighted by atomic mass is 31.2. The molecule has 0 aliphatic heterocycles. The Labute approximate surface area is 162 Å². The summed E-state index contributed by atoms with van der Waals surface area (Å²) in [6.45, 7) is 0. The molecule has 0 fully saturated rings. The van der Waals surface area contributed by atoms with Gasteiger partial charge in [-0.3, -0.25) is 24.4 Å². The Bertz CT molecular complexity index is 1210. The highest BCUT2D eigenvalue weighted by Crippen LogP contribution is 2.50.